The number of amides is 1. The first-order chi connectivity index (χ1) is 13.5. The van der Waals surface area contributed by atoms with Gasteiger partial charge in [-0.1, -0.05) is 48.0 Å². The van der Waals surface area contributed by atoms with Crippen molar-refractivity contribution < 1.29 is 14.3 Å². The summed E-state index contributed by atoms with van der Waals surface area (Å²) in [4.78, 5) is 30.1. The first-order valence-corrected chi connectivity index (χ1v) is 9.99. The van der Waals surface area contributed by atoms with Gasteiger partial charge < -0.3 is 4.74 Å². The average molecular weight is 415 g/mol. The van der Waals surface area contributed by atoms with Gasteiger partial charge in [-0.2, -0.15) is 0 Å². The van der Waals surface area contributed by atoms with Gasteiger partial charge in [-0.15, -0.1) is 11.3 Å². The summed E-state index contributed by atoms with van der Waals surface area (Å²) in [7, 11) is 0. The average Bonchev–Trinajstić information content (AvgIpc) is 3.15. The van der Waals surface area contributed by atoms with E-state index in [1.807, 2.05) is 48.5 Å². The van der Waals surface area contributed by atoms with Crippen LogP contribution in [-0.4, -0.2) is 16.9 Å². The molecule has 0 saturated carbocycles. The number of nitrogens with zero attached hydrogens (tertiary/aromatic N) is 2. The molecule has 0 unspecified atom stereocenters. The van der Waals surface area contributed by atoms with Crippen LogP contribution in [0.4, 0.5) is 10.8 Å². The van der Waals surface area contributed by atoms with Crippen molar-refractivity contribution in [2.75, 3.05) is 4.90 Å². The smallest absolute Gasteiger partial charge is 0.306 e. The Balaban J connectivity index is 1.57. The summed E-state index contributed by atoms with van der Waals surface area (Å²) < 4.78 is 5.31. The molecular formula is C21H19ClN2O3S. The van der Waals surface area contributed by atoms with Gasteiger partial charge in [0, 0.05) is 23.7 Å². The van der Waals surface area contributed by atoms with E-state index in [4.69, 9.17) is 16.3 Å². The number of benzene rings is 2. The summed E-state index contributed by atoms with van der Waals surface area (Å²) in [5.41, 5.74) is 2.26. The fourth-order valence-electron chi connectivity index (χ4n) is 2.63. The molecule has 0 aliphatic carbocycles. The number of carbonyl (C=O) groups excluding carboxylic acids is 2. The van der Waals surface area contributed by atoms with Crippen LogP contribution in [0.25, 0.3) is 0 Å². The highest BCUT2D eigenvalue weighted by molar-refractivity contribution is 7.14. The molecule has 28 heavy (non-hydrogen) atoms. The molecule has 1 heterocycles. The zero-order chi connectivity index (χ0) is 19.9. The Morgan fingerprint density at radius 3 is 2.54 bits per heavy atom. The predicted molar refractivity (Wildman–Crippen MR) is 111 cm³/mol. The second kappa shape index (κ2) is 9.48. The third-order valence-corrected chi connectivity index (χ3v) is 5.24. The van der Waals surface area contributed by atoms with E-state index in [1.54, 1.807) is 11.4 Å². The summed E-state index contributed by atoms with van der Waals surface area (Å²) in [6.07, 6.45) is 0.761. The van der Waals surface area contributed by atoms with Crippen LogP contribution in [0.5, 0.6) is 0 Å². The third-order valence-electron chi connectivity index (χ3n) is 4.00. The molecule has 0 bridgehead atoms. The number of halogens is 1. The molecule has 0 saturated heterocycles. The van der Waals surface area contributed by atoms with Gasteiger partial charge in [-0.3, -0.25) is 14.5 Å². The fraction of sp³-hybridized carbons (Fsp3) is 0.190. The largest absolute Gasteiger partial charge is 0.459 e. The van der Waals surface area contributed by atoms with E-state index in [-0.39, 0.29) is 24.9 Å². The lowest BCUT2D eigenvalue weighted by molar-refractivity contribution is -0.145. The molecule has 1 amide bonds. The molecule has 2 aromatic carbocycles. The van der Waals surface area contributed by atoms with Gasteiger partial charge in [0.2, 0.25) is 5.91 Å². The molecule has 0 fully saturated rings. The van der Waals surface area contributed by atoms with Crippen LogP contribution in [-0.2, 0) is 27.4 Å². The molecule has 1 aromatic heterocycles. The maximum Gasteiger partial charge on any atom is 0.306 e. The molecule has 7 heteroatoms. The molecule has 0 N–H and O–H groups in total. The van der Waals surface area contributed by atoms with Gasteiger partial charge >= 0.3 is 5.97 Å². The lowest BCUT2D eigenvalue weighted by atomic mass is 10.1. The summed E-state index contributed by atoms with van der Waals surface area (Å²) >= 11 is 7.43. The van der Waals surface area contributed by atoms with Gasteiger partial charge in [-0.05, 0) is 30.2 Å². The van der Waals surface area contributed by atoms with E-state index in [0.717, 1.165) is 11.3 Å². The summed E-state index contributed by atoms with van der Waals surface area (Å²) in [5, 5.41) is 2.97. The normalized spacial score (nSPS) is 10.5. The zero-order valence-corrected chi connectivity index (χ0v) is 16.9. The maximum atomic E-state index is 12.1. The van der Waals surface area contributed by atoms with E-state index in [0.29, 0.717) is 22.3 Å². The van der Waals surface area contributed by atoms with Crippen LogP contribution in [0.2, 0.25) is 5.02 Å². The Morgan fingerprint density at radius 1 is 1.11 bits per heavy atom. The summed E-state index contributed by atoms with van der Waals surface area (Å²) in [6, 6.07) is 16.7. The van der Waals surface area contributed by atoms with Gasteiger partial charge in [0.05, 0.1) is 11.4 Å². The number of ether oxygens (including phenoxy) is 1. The number of anilines is 2. The number of hydrogen-bond acceptors (Lipinski definition) is 5. The lowest BCUT2D eigenvalue weighted by Gasteiger charge is -2.17. The predicted octanol–water partition coefficient (Wildman–Crippen LogP) is 5.16. The van der Waals surface area contributed by atoms with Gasteiger partial charge in [0.25, 0.3) is 0 Å². The monoisotopic (exact) mass is 414 g/mol. The summed E-state index contributed by atoms with van der Waals surface area (Å²) in [5.74, 6) is -0.454. The van der Waals surface area contributed by atoms with Crippen molar-refractivity contribution in [2.45, 2.75) is 26.4 Å². The zero-order valence-electron chi connectivity index (χ0n) is 15.3. The number of thiazole rings is 1. The van der Waals surface area contributed by atoms with Crippen molar-refractivity contribution in [3.05, 3.63) is 76.3 Å². The third kappa shape index (κ3) is 5.18. The van der Waals surface area contributed by atoms with Crippen LogP contribution < -0.4 is 4.90 Å². The molecule has 0 spiro atoms. The highest BCUT2D eigenvalue weighted by Gasteiger charge is 2.18. The van der Waals surface area contributed by atoms with Crippen molar-refractivity contribution >= 4 is 45.6 Å². The lowest BCUT2D eigenvalue weighted by Crippen LogP contribution is -2.22. The molecule has 5 nitrogen and oxygen atoms in total. The molecule has 144 valence electrons. The van der Waals surface area contributed by atoms with Gasteiger partial charge in [-0.25, -0.2) is 4.98 Å². The van der Waals surface area contributed by atoms with Crippen LogP contribution in [0.3, 0.4) is 0 Å². The molecule has 0 aliphatic heterocycles. The van der Waals surface area contributed by atoms with Crippen molar-refractivity contribution in [1.29, 1.82) is 0 Å². The van der Waals surface area contributed by atoms with Crippen molar-refractivity contribution in [1.82, 2.24) is 4.98 Å². The van der Waals surface area contributed by atoms with E-state index >= 15 is 0 Å². The first-order valence-electron chi connectivity index (χ1n) is 8.74. The first kappa shape index (κ1) is 20.0. The minimum atomic E-state index is -0.319. The highest BCUT2D eigenvalue weighted by atomic mass is 35.5. The molecular weight excluding hydrogens is 396 g/mol. The van der Waals surface area contributed by atoms with Gasteiger partial charge in [0.15, 0.2) is 5.13 Å². The standard InChI is InChI=1S/C21H19ClN2O3S/c1-15(25)24(18-8-3-2-4-9-18)21-23-17(14-28-21)13-27-20(26)12-11-16-7-5-6-10-19(16)22/h2-10,14H,11-13H2,1H3. The van der Waals surface area contributed by atoms with E-state index < -0.39 is 0 Å². The van der Waals surface area contributed by atoms with Crippen molar-refractivity contribution in [3.63, 3.8) is 0 Å². The Labute approximate surface area is 172 Å². The minimum Gasteiger partial charge on any atom is -0.459 e. The molecule has 0 atom stereocenters. The van der Waals surface area contributed by atoms with E-state index in [9.17, 15) is 9.59 Å². The molecule has 3 rings (SSSR count). The Kier molecular flexibility index (Phi) is 6.79. The fourth-order valence-corrected chi connectivity index (χ4v) is 3.74. The molecule has 3 aromatic rings. The van der Waals surface area contributed by atoms with Crippen LogP contribution >= 0.6 is 22.9 Å². The number of para-hydroxylation sites is 1. The van der Waals surface area contributed by atoms with Crippen LogP contribution in [0, 0.1) is 0 Å². The van der Waals surface area contributed by atoms with E-state index in [1.165, 1.54) is 23.2 Å². The topological polar surface area (TPSA) is 59.5 Å². The number of hydrogen-bond donors (Lipinski definition) is 0. The van der Waals surface area contributed by atoms with Crippen LogP contribution in [0.1, 0.15) is 24.6 Å². The number of aryl methyl sites for hydroxylation is 1. The highest BCUT2D eigenvalue weighted by Crippen LogP contribution is 2.29. The van der Waals surface area contributed by atoms with E-state index in [2.05, 4.69) is 4.98 Å². The number of rotatable bonds is 7. The summed E-state index contributed by atoms with van der Waals surface area (Å²) in [6.45, 7) is 1.56. The number of carbonyl (C=O) groups is 2. The molecule has 0 radical (unpaired) electrons. The SMILES string of the molecule is CC(=O)N(c1ccccc1)c1nc(COC(=O)CCc2ccccc2Cl)cs1. The maximum absolute atomic E-state index is 12.1. The van der Waals surface area contributed by atoms with Crippen molar-refractivity contribution in [2.24, 2.45) is 0 Å². The quantitative estimate of drug-likeness (QED) is 0.501. The number of esters is 1. The second-order valence-corrected chi connectivity index (χ2v) is 7.31. The van der Waals surface area contributed by atoms with Gasteiger partial charge in [0.1, 0.15) is 6.61 Å². The molecule has 0 aliphatic rings. The van der Waals surface area contributed by atoms with Crippen molar-refractivity contribution in [3.8, 4) is 0 Å². The minimum absolute atomic E-state index is 0.0678. The Hall–Kier alpha value is -2.70. The second-order valence-electron chi connectivity index (χ2n) is 6.06. The Bertz CT molecular complexity index is 959. The van der Waals surface area contributed by atoms with Crippen LogP contribution in [0.15, 0.2) is 60.0 Å². The number of aromatic nitrogens is 1. The Morgan fingerprint density at radius 2 is 1.82 bits per heavy atom.